The van der Waals surface area contributed by atoms with Crippen molar-refractivity contribution in [1.82, 2.24) is 4.90 Å². The molecule has 0 aliphatic carbocycles. The second kappa shape index (κ2) is 6.29. The zero-order valence-corrected chi connectivity index (χ0v) is 14.8. The molecule has 2 rings (SSSR count). The Morgan fingerprint density at radius 1 is 1.42 bits per heavy atom. The van der Waals surface area contributed by atoms with Gasteiger partial charge in [0.15, 0.2) is 4.67 Å². The number of furan rings is 1. The van der Waals surface area contributed by atoms with Crippen LogP contribution in [0.4, 0.5) is 0 Å². The van der Waals surface area contributed by atoms with E-state index in [1.165, 1.54) is 19.3 Å². The first-order valence-electron chi connectivity index (χ1n) is 6.94. The molecule has 1 fully saturated rings. The van der Waals surface area contributed by atoms with Crippen LogP contribution in [0.3, 0.4) is 0 Å². The maximum Gasteiger partial charge on any atom is 0.183 e. The van der Waals surface area contributed by atoms with Crippen LogP contribution in [0.2, 0.25) is 0 Å². The lowest BCUT2D eigenvalue weighted by molar-refractivity contribution is 0.179. The van der Waals surface area contributed by atoms with Crippen LogP contribution in [-0.2, 0) is 0 Å². The monoisotopic (exact) mass is 392 g/mol. The number of rotatable bonds is 5. The van der Waals surface area contributed by atoms with Gasteiger partial charge in [-0.1, -0.05) is 13.8 Å². The minimum Gasteiger partial charge on any atom is -0.451 e. The maximum absolute atomic E-state index is 5.98. The van der Waals surface area contributed by atoms with Gasteiger partial charge in [0.25, 0.3) is 0 Å². The van der Waals surface area contributed by atoms with Gasteiger partial charge in [0.2, 0.25) is 0 Å². The molecule has 0 saturated carbocycles. The highest BCUT2D eigenvalue weighted by atomic mass is 79.9. The van der Waals surface area contributed by atoms with E-state index in [-0.39, 0.29) is 6.04 Å². The van der Waals surface area contributed by atoms with Crippen molar-refractivity contribution in [3.05, 3.63) is 21.0 Å². The molecule has 1 unspecified atom stereocenters. The predicted molar refractivity (Wildman–Crippen MR) is 85.1 cm³/mol. The summed E-state index contributed by atoms with van der Waals surface area (Å²) >= 11 is 6.87. The first-order valence-corrected chi connectivity index (χ1v) is 8.52. The predicted octanol–water partition coefficient (Wildman–Crippen LogP) is 4.32. The normalized spacial score (nSPS) is 20.9. The Hall–Kier alpha value is 0.160. The third-order valence-electron chi connectivity index (χ3n) is 4.62. The maximum atomic E-state index is 5.98. The number of likely N-dealkylation sites (tertiary alicyclic amines) is 1. The van der Waals surface area contributed by atoms with E-state index in [9.17, 15) is 0 Å². The summed E-state index contributed by atoms with van der Waals surface area (Å²) < 4.78 is 7.47. The second-order valence-corrected chi connectivity index (χ2v) is 7.02. The molecule has 1 atom stereocenters. The number of nitrogens with two attached hydrogens (primary N) is 1. The molecule has 5 heteroatoms. The number of hydrogen-bond donors (Lipinski definition) is 1. The fourth-order valence-corrected chi connectivity index (χ4v) is 3.64. The fraction of sp³-hybridized carbons (Fsp3) is 0.714. The van der Waals surface area contributed by atoms with Gasteiger partial charge in [-0.2, -0.15) is 0 Å². The number of nitrogens with zero attached hydrogens (tertiary/aromatic N) is 1. The molecule has 0 bridgehead atoms. The summed E-state index contributed by atoms with van der Waals surface area (Å²) in [5, 5.41) is 0. The van der Waals surface area contributed by atoms with E-state index in [0.29, 0.717) is 12.0 Å². The average Bonchev–Trinajstić information content (AvgIpc) is 2.97. The molecule has 2 N–H and O–H groups in total. The summed E-state index contributed by atoms with van der Waals surface area (Å²) in [4.78, 5) is 2.48. The Kier molecular flexibility index (Phi) is 5.15. The van der Waals surface area contributed by atoms with Gasteiger partial charge in [-0.05, 0) is 69.1 Å². The van der Waals surface area contributed by atoms with E-state index in [0.717, 1.165) is 28.0 Å². The van der Waals surface area contributed by atoms with Gasteiger partial charge in [-0.15, -0.1) is 0 Å². The quantitative estimate of drug-likeness (QED) is 0.809. The Morgan fingerprint density at radius 3 is 2.53 bits per heavy atom. The Morgan fingerprint density at radius 2 is 2.11 bits per heavy atom. The lowest BCUT2D eigenvalue weighted by Gasteiger charge is -2.29. The molecule has 1 aliphatic rings. The molecule has 0 aromatic carbocycles. The zero-order valence-electron chi connectivity index (χ0n) is 11.6. The molecular weight excluding hydrogens is 372 g/mol. The van der Waals surface area contributed by atoms with Gasteiger partial charge in [-0.3, -0.25) is 4.90 Å². The van der Waals surface area contributed by atoms with Gasteiger partial charge in [0.1, 0.15) is 5.76 Å². The second-order valence-electron chi connectivity index (χ2n) is 5.45. The van der Waals surface area contributed by atoms with Crippen molar-refractivity contribution in [2.75, 3.05) is 19.6 Å². The first kappa shape index (κ1) is 15.5. The molecule has 0 radical (unpaired) electrons. The summed E-state index contributed by atoms with van der Waals surface area (Å²) in [6.45, 7) is 7.42. The van der Waals surface area contributed by atoms with Crippen molar-refractivity contribution in [2.45, 2.75) is 39.2 Å². The Labute approximate surface area is 132 Å². The molecule has 0 spiro atoms. The molecule has 1 aliphatic heterocycles. The van der Waals surface area contributed by atoms with Gasteiger partial charge in [0, 0.05) is 13.1 Å². The van der Waals surface area contributed by atoms with Crippen molar-refractivity contribution in [1.29, 1.82) is 0 Å². The van der Waals surface area contributed by atoms with Gasteiger partial charge in [-0.25, -0.2) is 0 Å². The van der Waals surface area contributed by atoms with Crippen molar-refractivity contribution in [3.8, 4) is 0 Å². The molecule has 108 valence electrons. The van der Waals surface area contributed by atoms with Crippen LogP contribution in [0, 0.1) is 5.41 Å². The fourth-order valence-electron chi connectivity index (χ4n) is 3.04. The molecule has 3 nitrogen and oxygen atoms in total. The van der Waals surface area contributed by atoms with Gasteiger partial charge >= 0.3 is 0 Å². The third-order valence-corrected chi connectivity index (χ3v) is 6.33. The Balaban J connectivity index is 2.15. The van der Waals surface area contributed by atoms with Crippen molar-refractivity contribution in [2.24, 2.45) is 11.1 Å². The van der Waals surface area contributed by atoms with Crippen LogP contribution in [0.15, 0.2) is 19.6 Å². The molecule has 2 heterocycles. The molecule has 19 heavy (non-hydrogen) atoms. The molecule has 0 amide bonds. The van der Waals surface area contributed by atoms with Crippen molar-refractivity contribution < 1.29 is 4.42 Å². The van der Waals surface area contributed by atoms with Gasteiger partial charge < -0.3 is 10.2 Å². The van der Waals surface area contributed by atoms with Crippen LogP contribution in [-0.4, -0.2) is 24.5 Å². The van der Waals surface area contributed by atoms with Crippen LogP contribution in [0.25, 0.3) is 0 Å². The van der Waals surface area contributed by atoms with E-state index in [4.69, 9.17) is 10.2 Å². The van der Waals surface area contributed by atoms with E-state index in [2.05, 4.69) is 50.6 Å². The highest BCUT2D eigenvalue weighted by molar-refractivity contribution is 9.13. The standard InChI is InChI=1S/C14H22Br2N2O/c1-3-14(4-2)5-6-18(9-14)11(8-17)12-7-10(15)13(16)19-12/h7,11H,3-6,8-9,17H2,1-2H3. The molecular formula is C14H22Br2N2O. The van der Waals surface area contributed by atoms with E-state index in [1.807, 2.05) is 6.07 Å². The van der Waals surface area contributed by atoms with Crippen molar-refractivity contribution >= 4 is 31.9 Å². The minimum atomic E-state index is 0.183. The summed E-state index contributed by atoms with van der Waals surface area (Å²) in [7, 11) is 0. The zero-order chi connectivity index (χ0) is 14.0. The highest BCUT2D eigenvalue weighted by Crippen LogP contribution is 2.41. The molecule has 1 aromatic heterocycles. The lowest BCUT2D eigenvalue weighted by Crippen LogP contribution is -2.34. The highest BCUT2D eigenvalue weighted by Gasteiger charge is 2.38. The smallest absolute Gasteiger partial charge is 0.183 e. The van der Waals surface area contributed by atoms with E-state index >= 15 is 0 Å². The summed E-state index contributed by atoms with van der Waals surface area (Å²) in [5.74, 6) is 0.948. The summed E-state index contributed by atoms with van der Waals surface area (Å²) in [6, 6.07) is 2.21. The van der Waals surface area contributed by atoms with Crippen LogP contribution in [0.5, 0.6) is 0 Å². The topological polar surface area (TPSA) is 42.4 Å². The van der Waals surface area contributed by atoms with Crippen molar-refractivity contribution in [3.63, 3.8) is 0 Å². The summed E-state index contributed by atoms with van der Waals surface area (Å²) in [6.07, 6.45) is 3.74. The number of hydrogen-bond acceptors (Lipinski definition) is 3. The Bertz CT molecular complexity index is 410. The lowest BCUT2D eigenvalue weighted by atomic mass is 9.82. The number of halogens is 2. The summed E-state index contributed by atoms with van der Waals surface area (Å²) in [5.41, 5.74) is 6.45. The van der Waals surface area contributed by atoms with Crippen LogP contribution in [0.1, 0.15) is 44.9 Å². The van der Waals surface area contributed by atoms with E-state index in [1.54, 1.807) is 0 Å². The average molecular weight is 394 g/mol. The molecule has 1 aromatic rings. The SMILES string of the molecule is CCC1(CC)CCN(C(CN)c2cc(Br)c(Br)o2)C1. The first-order chi connectivity index (χ1) is 9.05. The van der Waals surface area contributed by atoms with Crippen LogP contribution >= 0.6 is 31.9 Å². The minimum absolute atomic E-state index is 0.183. The van der Waals surface area contributed by atoms with E-state index < -0.39 is 0 Å². The largest absolute Gasteiger partial charge is 0.451 e. The third kappa shape index (κ3) is 3.09. The molecule has 1 saturated heterocycles. The van der Waals surface area contributed by atoms with Crippen LogP contribution < -0.4 is 5.73 Å². The van der Waals surface area contributed by atoms with Gasteiger partial charge in [0.05, 0.1) is 10.5 Å².